The Bertz CT molecular complexity index is 548. The van der Waals surface area contributed by atoms with Gasteiger partial charge in [0.05, 0.1) is 6.54 Å². The first-order valence-corrected chi connectivity index (χ1v) is 7.02. The molecule has 1 heterocycles. The van der Waals surface area contributed by atoms with Crippen LogP contribution in [0.3, 0.4) is 0 Å². The average molecular weight is 256 g/mol. The molecule has 100 valence electrons. The van der Waals surface area contributed by atoms with Crippen LogP contribution >= 0.6 is 0 Å². The van der Waals surface area contributed by atoms with Gasteiger partial charge in [-0.05, 0) is 30.4 Å². The van der Waals surface area contributed by atoms with Crippen LogP contribution in [-0.4, -0.2) is 14.8 Å². The summed E-state index contributed by atoms with van der Waals surface area (Å²) in [5.41, 5.74) is 8.66. The number of hydrogen-bond acceptors (Lipinski definition) is 3. The normalized spacial score (nSPS) is 14.8. The summed E-state index contributed by atoms with van der Waals surface area (Å²) < 4.78 is 2.22. The fourth-order valence-electron chi connectivity index (χ4n) is 3.01. The highest BCUT2D eigenvalue weighted by molar-refractivity contribution is 5.35. The van der Waals surface area contributed by atoms with Crippen LogP contribution in [0.5, 0.6) is 0 Å². The van der Waals surface area contributed by atoms with Crippen molar-refractivity contribution in [3.63, 3.8) is 0 Å². The van der Waals surface area contributed by atoms with Gasteiger partial charge in [-0.1, -0.05) is 31.2 Å². The van der Waals surface area contributed by atoms with Crippen LogP contribution in [-0.2, 0) is 25.9 Å². The van der Waals surface area contributed by atoms with Crippen molar-refractivity contribution < 1.29 is 0 Å². The molecule has 1 aliphatic rings. The summed E-state index contributed by atoms with van der Waals surface area (Å²) in [6.45, 7) is 3.60. The van der Waals surface area contributed by atoms with E-state index in [9.17, 15) is 0 Å². The van der Waals surface area contributed by atoms with E-state index in [1.54, 1.807) is 0 Å². The molecule has 0 radical (unpaired) electrons. The highest BCUT2D eigenvalue weighted by Gasteiger charge is 2.27. The molecule has 0 saturated carbocycles. The fourth-order valence-corrected chi connectivity index (χ4v) is 3.01. The molecule has 4 heteroatoms. The second-order valence-electron chi connectivity index (χ2n) is 5.20. The Morgan fingerprint density at radius 3 is 2.47 bits per heavy atom. The van der Waals surface area contributed by atoms with Gasteiger partial charge in [0.2, 0.25) is 0 Å². The zero-order chi connectivity index (χ0) is 13.2. The first-order valence-electron chi connectivity index (χ1n) is 7.02. The van der Waals surface area contributed by atoms with Crippen LogP contribution in [0.25, 0.3) is 0 Å². The maximum Gasteiger partial charge on any atom is 0.146 e. The molecule has 2 aromatic rings. The molecule has 0 bridgehead atoms. The standard InChI is InChI=1S/C15H20N4/c1-2-7-19-14(10-16)17-18-15(19)13-8-11-5-3-4-6-12(11)9-13/h3-6,13H,2,7-10,16H2,1H3. The molecule has 0 fully saturated rings. The Morgan fingerprint density at radius 2 is 1.89 bits per heavy atom. The van der Waals surface area contributed by atoms with Gasteiger partial charge in [0.1, 0.15) is 11.6 Å². The zero-order valence-electron chi connectivity index (χ0n) is 11.3. The van der Waals surface area contributed by atoms with E-state index in [0.717, 1.165) is 37.5 Å². The number of aromatic nitrogens is 3. The van der Waals surface area contributed by atoms with E-state index in [0.29, 0.717) is 12.5 Å². The largest absolute Gasteiger partial charge is 0.324 e. The first kappa shape index (κ1) is 12.4. The first-order chi connectivity index (χ1) is 9.33. The Labute approximate surface area is 113 Å². The Kier molecular flexibility index (Phi) is 3.34. The fraction of sp³-hybridized carbons (Fsp3) is 0.467. The van der Waals surface area contributed by atoms with Crippen molar-refractivity contribution >= 4 is 0 Å². The van der Waals surface area contributed by atoms with Gasteiger partial charge in [0, 0.05) is 12.5 Å². The Balaban J connectivity index is 1.90. The summed E-state index contributed by atoms with van der Waals surface area (Å²) in [4.78, 5) is 0. The smallest absolute Gasteiger partial charge is 0.146 e. The van der Waals surface area contributed by atoms with Crippen LogP contribution in [0.4, 0.5) is 0 Å². The van der Waals surface area contributed by atoms with E-state index in [-0.39, 0.29) is 0 Å². The predicted molar refractivity (Wildman–Crippen MR) is 74.8 cm³/mol. The molecule has 1 aromatic carbocycles. The molecule has 0 unspecified atom stereocenters. The van der Waals surface area contributed by atoms with Gasteiger partial charge in [-0.25, -0.2) is 0 Å². The predicted octanol–water partition coefficient (Wildman–Crippen LogP) is 2.03. The van der Waals surface area contributed by atoms with Crippen molar-refractivity contribution in [2.45, 2.75) is 45.2 Å². The van der Waals surface area contributed by atoms with Crippen LogP contribution in [0, 0.1) is 0 Å². The third-order valence-corrected chi connectivity index (χ3v) is 3.90. The molecular weight excluding hydrogens is 236 g/mol. The third-order valence-electron chi connectivity index (χ3n) is 3.90. The van der Waals surface area contributed by atoms with Crippen molar-refractivity contribution in [2.24, 2.45) is 5.73 Å². The van der Waals surface area contributed by atoms with E-state index >= 15 is 0 Å². The Morgan fingerprint density at radius 1 is 1.21 bits per heavy atom. The van der Waals surface area contributed by atoms with Gasteiger partial charge in [0.25, 0.3) is 0 Å². The molecule has 19 heavy (non-hydrogen) atoms. The lowest BCUT2D eigenvalue weighted by Crippen LogP contribution is -2.14. The van der Waals surface area contributed by atoms with Crippen LogP contribution < -0.4 is 5.73 Å². The van der Waals surface area contributed by atoms with Gasteiger partial charge in [0.15, 0.2) is 0 Å². The van der Waals surface area contributed by atoms with Gasteiger partial charge < -0.3 is 10.3 Å². The van der Waals surface area contributed by atoms with E-state index in [1.807, 2.05) is 0 Å². The maximum atomic E-state index is 5.75. The summed E-state index contributed by atoms with van der Waals surface area (Å²) in [6.07, 6.45) is 3.23. The molecule has 2 N–H and O–H groups in total. The maximum absolute atomic E-state index is 5.75. The van der Waals surface area contributed by atoms with Crippen molar-refractivity contribution in [2.75, 3.05) is 0 Å². The summed E-state index contributed by atoms with van der Waals surface area (Å²) in [5, 5.41) is 8.65. The molecule has 0 amide bonds. The number of fused-ring (bicyclic) bond motifs is 1. The lowest BCUT2D eigenvalue weighted by atomic mass is 10.1. The van der Waals surface area contributed by atoms with E-state index in [2.05, 4.69) is 46.0 Å². The highest BCUT2D eigenvalue weighted by atomic mass is 15.3. The SMILES string of the molecule is CCCn1c(CN)nnc1C1Cc2ccccc2C1. The molecule has 0 saturated heterocycles. The van der Waals surface area contributed by atoms with Crippen molar-refractivity contribution in [3.05, 3.63) is 47.0 Å². The quantitative estimate of drug-likeness (QED) is 0.910. The van der Waals surface area contributed by atoms with Gasteiger partial charge in [-0.15, -0.1) is 10.2 Å². The number of benzene rings is 1. The minimum atomic E-state index is 0.455. The summed E-state index contributed by atoms with van der Waals surface area (Å²) in [6, 6.07) is 8.67. The third kappa shape index (κ3) is 2.16. The second-order valence-corrected chi connectivity index (χ2v) is 5.20. The van der Waals surface area contributed by atoms with Crippen molar-refractivity contribution in [1.29, 1.82) is 0 Å². The molecule has 3 rings (SSSR count). The van der Waals surface area contributed by atoms with Crippen molar-refractivity contribution in [3.8, 4) is 0 Å². The molecule has 0 spiro atoms. The van der Waals surface area contributed by atoms with Crippen LogP contribution in [0.2, 0.25) is 0 Å². The van der Waals surface area contributed by atoms with E-state index in [4.69, 9.17) is 5.73 Å². The monoisotopic (exact) mass is 256 g/mol. The summed E-state index contributed by atoms with van der Waals surface area (Å²) in [5.74, 6) is 2.48. The van der Waals surface area contributed by atoms with Gasteiger partial charge in [-0.2, -0.15) is 0 Å². The lowest BCUT2D eigenvalue weighted by molar-refractivity contribution is 0.564. The summed E-state index contributed by atoms with van der Waals surface area (Å²) >= 11 is 0. The van der Waals surface area contributed by atoms with E-state index in [1.165, 1.54) is 11.1 Å². The van der Waals surface area contributed by atoms with Gasteiger partial charge in [-0.3, -0.25) is 0 Å². The summed E-state index contributed by atoms with van der Waals surface area (Å²) in [7, 11) is 0. The Hall–Kier alpha value is -1.68. The molecule has 0 aliphatic heterocycles. The molecule has 1 aromatic heterocycles. The van der Waals surface area contributed by atoms with Gasteiger partial charge >= 0.3 is 0 Å². The van der Waals surface area contributed by atoms with E-state index < -0.39 is 0 Å². The molecule has 1 aliphatic carbocycles. The number of nitrogens with two attached hydrogens (primary N) is 1. The van der Waals surface area contributed by atoms with Crippen LogP contribution in [0.1, 0.15) is 42.0 Å². The van der Waals surface area contributed by atoms with Crippen molar-refractivity contribution in [1.82, 2.24) is 14.8 Å². The molecule has 4 nitrogen and oxygen atoms in total. The zero-order valence-corrected chi connectivity index (χ0v) is 11.3. The van der Waals surface area contributed by atoms with Crippen LogP contribution in [0.15, 0.2) is 24.3 Å². The minimum absolute atomic E-state index is 0.455. The average Bonchev–Trinajstić information content (AvgIpc) is 3.01. The second kappa shape index (κ2) is 5.13. The topological polar surface area (TPSA) is 56.7 Å². The molecule has 0 atom stereocenters. The number of rotatable bonds is 4. The molecular formula is C15H20N4. The number of nitrogens with zero attached hydrogens (tertiary/aromatic N) is 3. The lowest BCUT2D eigenvalue weighted by Gasteiger charge is -2.12. The number of hydrogen-bond donors (Lipinski definition) is 1. The minimum Gasteiger partial charge on any atom is -0.324 e. The highest BCUT2D eigenvalue weighted by Crippen LogP contribution is 2.33.